The lowest BCUT2D eigenvalue weighted by molar-refractivity contribution is -0.113. The van der Waals surface area contributed by atoms with Crippen molar-refractivity contribution in [3.05, 3.63) is 71.2 Å². The van der Waals surface area contributed by atoms with E-state index >= 15 is 0 Å². The minimum atomic E-state index is -0.315. The van der Waals surface area contributed by atoms with Gasteiger partial charge in [0.1, 0.15) is 17.4 Å². The molecule has 0 aliphatic carbocycles. The average molecular weight is 383 g/mol. The van der Waals surface area contributed by atoms with E-state index in [2.05, 4.69) is 10.4 Å². The first kappa shape index (κ1) is 17.6. The average Bonchev–Trinajstić information content (AvgIpc) is 2.88. The number of methoxy groups -OCH3 is 1. The summed E-state index contributed by atoms with van der Waals surface area (Å²) in [5.74, 6) is 1.36. The molecular formula is C20H18FN3O2S. The SMILES string of the molecule is COc1ccc([C@@H]2SCC(=O)Nc3c2c(C)nn3-c2ccc(F)cc2)cc1. The first-order chi connectivity index (χ1) is 13.1. The fraction of sp³-hybridized carbons (Fsp3) is 0.200. The number of amides is 1. The standard InChI is InChI=1S/C20H18FN3O2S/c1-12-18-19(13-3-9-16(26-2)10-4-13)27-11-17(25)22-20(18)24(23-12)15-7-5-14(21)6-8-15/h3-10,19H,11H2,1-2H3,(H,22,25)/t19-/m0/s1. The molecule has 7 heteroatoms. The summed E-state index contributed by atoms with van der Waals surface area (Å²) in [5, 5.41) is 7.55. The van der Waals surface area contributed by atoms with Gasteiger partial charge in [-0.1, -0.05) is 12.1 Å². The highest BCUT2D eigenvalue weighted by Gasteiger charge is 2.30. The van der Waals surface area contributed by atoms with Gasteiger partial charge in [-0.25, -0.2) is 9.07 Å². The molecule has 0 radical (unpaired) electrons. The molecule has 1 aromatic heterocycles. The fourth-order valence-corrected chi connectivity index (χ4v) is 4.38. The Balaban J connectivity index is 1.84. The molecule has 0 bridgehead atoms. The van der Waals surface area contributed by atoms with Crippen LogP contribution in [0.5, 0.6) is 5.75 Å². The van der Waals surface area contributed by atoms with Crippen LogP contribution in [0.1, 0.15) is 22.1 Å². The number of nitrogens with one attached hydrogen (secondary N) is 1. The molecule has 1 amide bonds. The van der Waals surface area contributed by atoms with Crippen molar-refractivity contribution in [1.29, 1.82) is 0 Å². The van der Waals surface area contributed by atoms with E-state index in [1.807, 2.05) is 31.2 Å². The maximum atomic E-state index is 13.3. The molecule has 27 heavy (non-hydrogen) atoms. The third kappa shape index (κ3) is 3.30. The Morgan fingerprint density at radius 2 is 1.89 bits per heavy atom. The Morgan fingerprint density at radius 3 is 2.56 bits per heavy atom. The van der Waals surface area contributed by atoms with Crippen molar-refractivity contribution in [2.45, 2.75) is 12.2 Å². The number of hydrogen-bond acceptors (Lipinski definition) is 4. The second-order valence-corrected chi connectivity index (χ2v) is 7.34. The van der Waals surface area contributed by atoms with Crippen LogP contribution in [0.3, 0.4) is 0 Å². The number of hydrogen-bond donors (Lipinski definition) is 1. The zero-order chi connectivity index (χ0) is 19.0. The Kier molecular flexibility index (Phi) is 4.61. The lowest BCUT2D eigenvalue weighted by Gasteiger charge is -2.16. The van der Waals surface area contributed by atoms with E-state index in [1.54, 1.807) is 35.7 Å². The van der Waals surface area contributed by atoms with Crippen LogP contribution in [0.15, 0.2) is 48.5 Å². The highest BCUT2D eigenvalue weighted by Crippen LogP contribution is 2.44. The van der Waals surface area contributed by atoms with Crippen molar-refractivity contribution in [1.82, 2.24) is 9.78 Å². The van der Waals surface area contributed by atoms with Crippen LogP contribution in [0.2, 0.25) is 0 Å². The summed E-state index contributed by atoms with van der Waals surface area (Å²) in [5.41, 5.74) is 3.55. The van der Waals surface area contributed by atoms with E-state index in [4.69, 9.17) is 4.74 Å². The Bertz CT molecular complexity index is 984. The molecule has 0 saturated carbocycles. The number of rotatable bonds is 3. The molecule has 138 valence electrons. The summed E-state index contributed by atoms with van der Waals surface area (Å²) in [7, 11) is 1.63. The number of anilines is 1. The van der Waals surface area contributed by atoms with Crippen molar-refractivity contribution in [2.75, 3.05) is 18.2 Å². The van der Waals surface area contributed by atoms with Gasteiger partial charge >= 0.3 is 0 Å². The summed E-state index contributed by atoms with van der Waals surface area (Å²) in [6.07, 6.45) is 0. The second-order valence-electron chi connectivity index (χ2n) is 6.25. The van der Waals surface area contributed by atoms with Crippen molar-refractivity contribution < 1.29 is 13.9 Å². The largest absolute Gasteiger partial charge is 0.497 e. The number of aryl methyl sites for hydroxylation is 1. The van der Waals surface area contributed by atoms with Gasteiger partial charge in [-0.3, -0.25) is 4.79 Å². The third-order valence-corrected chi connectivity index (χ3v) is 5.77. The summed E-state index contributed by atoms with van der Waals surface area (Å²) in [6, 6.07) is 13.9. The molecule has 4 rings (SSSR count). The maximum Gasteiger partial charge on any atom is 0.235 e. The third-order valence-electron chi connectivity index (χ3n) is 4.50. The Hall–Kier alpha value is -2.80. The molecule has 0 saturated heterocycles. The molecule has 1 atom stereocenters. The van der Waals surface area contributed by atoms with E-state index in [1.165, 1.54) is 12.1 Å². The number of carbonyl (C=O) groups is 1. The van der Waals surface area contributed by atoms with Crippen LogP contribution in [0.4, 0.5) is 10.2 Å². The Labute approximate surface area is 160 Å². The first-order valence-corrected chi connectivity index (χ1v) is 9.52. The monoisotopic (exact) mass is 383 g/mol. The van der Waals surface area contributed by atoms with Gasteiger partial charge in [-0.15, -0.1) is 11.8 Å². The van der Waals surface area contributed by atoms with Crippen LogP contribution in [0.25, 0.3) is 5.69 Å². The van der Waals surface area contributed by atoms with Crippen LogP contribution < -0.4 is 10.1 Å². The van der Waals surface area contributed by atoms with Crippen LogP contribution in [-0.2, 0) is 4.79 Å². The van der Waals surface area contributed by atoms with Gasteiger partial charge in [0.25, 0.3) is 0 Å². The van der Waals surface area contributed by atoms with Crippen LogP contribution in [0, 0.1) is 12.7 Å². The van der Waals surface area contributed by atoms with Gasteiger partial charge in [0.15, 0.2) is 0 Å². The molecule has 1 aliphatic heterocycles. The van der Waals surface area contributed by atoms with E-state index in [0.29, 0.717) is 17.3 Å². The molecule has 1 aliphatic rings. The van der Waals surface area contributed by atoms with Gasteiger partial charge in [0.2, 0.25) is 5.91 Å². The molecule has 2 aromatic carbocycles. The molecule has 1 N–H and O–H groups in total. The molecule has 3 aromatic rings. The normalized spacial score (nSPS) is 16.4. The first-order valence-electron chi connectivity index (χ1n) is 8.47. The smallest absolute Gasteiger partial charge is 0.235 e. The van der Waals surface area contributed by atoms with Crippen LogP contribution in [-0.4, -0.2) is 28.6 Å². The van der Waals surface area contributed by atoms with Crippen molar-refractivity contribution in [2.24, 2.45) is 0 Å². The van der Waals surface area contributed by atoms with E-state index in [0.717, 1.165) is 22.6 Å². The number of nitrogens with zero attached hydrogens (tertiary/aromatic N) is 2. The van der Waals surface area contributed by atoms with Gasteiger partial charge in [0, 0.05) is 5.56 Å². The minimum Gasteiger partial charge on any atom is -0.497 e. The van der Waals surface area contributed by atoms with Crippen molar-refractivity contribution >= 4 is 23.5 Å². The summed E-state index contributed by atoms with van der Waals surface area (Å²) < 4.78 is 20.2. The summed E-state index contributed by atoms with van der Waals surface area (Å²) >= 11 is 1.56. The number of carbonyl (C=O) groups excluding carboxylic acids is 1. The number of thioether (sulfide) groups is 1. The predicted molar refractivity (Wildman–Crippen MR) is 104 cm³/mol. The van der Waals surface area contributed by atoms with E-state index < -0.39 is 0 Å². The topological polar surface area (TPSA) is 56.1 Å². The minimum absolute atomic E-state index is 0.0425. The summed E-state index contributed by atoms with van der Waals surface area (Å²) in [6.45, 7) is 1.92. The molecule has 0 unspecified atom stereocenters. The highest BCUT2D eigenvalue weighted by atomic mass is 32.2. The lowest BCUT2D eigenvalue weighted by atomic mass is 10.0. The highest BCUT2D eigenvalue weighted by molar-refractivity contribution is 8.00. The van der Waals surface area contributed by atoms with E-state index in [9.17, 15) is 9.18 Å². The van der Waals surface area contributed by atoms with Gasteiger partial charge < -0.3 is 10.1 Å². The zero-order valence-electron chi connectivity index (χ0n) is 14.9. The van der Waals surface area contributed by atoms with E-state index in [-0.39, 0.29) is 17.0 Å². The Morgan fingerprint density at radius 1 is 1.19 bits per heavy atom. The second kappa shape index (κ2) is 7.08. The molecule has 5 nitrogen and oxygen atoms in total. The lowest BCUT2D eigenvalue weighted by Crippen LogP contribution is -2.15. The quantitative estimate of drug-likeness (QED) is 0.740. The fourth-order valence-electron chi connectivity index (χ4n) is 3.19. The number of ether oxygens (including phenoxy) is 1. The molecular weight excluding hydrogens is 365 g/mol. The van der Waals surface area contributed by atoms with Crippen LogP contribution >= 0.6 is 11.8 Å². The number of aromatic nitrogens is 2. The maximum absolute atomic E-state index is 13.3. The molecule has 0 fully saturated rings. The van der Waals surface area contributed by atoms with Gasteiger partial charge in [-0.2, -0.15) is 5.10 Å². The number of benzene rings is 2. The van der Waals surface area contributed by atoms with Crippen molar-refractivity contribution in [3.8, 4) is 11.4 Å². The predicted octanol–water partition coefficient (Wildman–Crippen LogP) is 4.10. The van der Waals surface area contributed by atoms with Gasteiger partial charge in [-0.05, 0) is 48.9 Å². The van der Waals surface area contributed by atoms with Gasteiger partial charge in [0.05, 0.1) is 29.5 Å². The zero-order valence-corrected chi connectivity index (χ0v) is 15.7. The van der Waals surface area contributed by atoms with Crippen molar-refractivity contribution in [3.63, 3.8) is 0 Å². The summed E-state index contributed by atoms with van der Waals surface area (Å²) in [4.78, 5) is 12.3. The molecule has 2 heterocycles. The molecule has 0 spiro atoms. The number of halogens is 1. The number of fused-ring (bicyclic) bond motifs is 1.